The lowest BCUT2D eigenvalue weighted by atomic mass is 10.1. The highest BCUT2D eigenvalue weighted by Gasteiger charge is 2.28. The molecule has 1 aromatic rings. The fourth-order valence-corrected chi connectivity index (χ4v) is 3.42. The van der Waals surface area contributed by atoms with E-state index < -0.39 is 15.9 Å². The number of nitrogens with two attached hydrogens (primary N) is 1. The summed E-state index contributed by atoms with van der Waals surface area (Å²) in [6.45, 7) is -0.145. The maximum atomic E-state index is 12.0. The molecule has 0 radical (unpaired) electrons. The van der Waals surface area contributed by atoms with Crippen molar-refractivity contribution in [1.82, 2.24) is 0 Å². The van der Waals surface area contributed by atoms with E-state index in [4.69, 9.17) is 10.8 Å². The van der Waals surface area contributed by atoms with Gasteiger partial charge in [0.15, 0.2) is 9.84 Å². The van der Waals surface area contributed by atoms with Crippen LogP contribution in [0.15, 0.2) is 29.2 Å². The SMILES string of the molecule is NC(CO)c1ccc(S(=O)(=O)CC2CC2)cc1. The molecule has 1 aliphatic carbocycles. The Morgan fingerprint density at radius 1 is 1.29 bits per heavy atom. The molecule has 3 N–H and O–H groups in total. The zero-order chi connectivity index (χ0) is 12.5. The summed E-state index contributed by atoms with van der Waals surface area (Å²) in [7, 11) is -3.15. The molecule has 0 aromatic heterocycles. The summed E-state index contributed by atoms with van der Waals surface area (Å²) in [5.74, 6) is 0.595. The minimum Gasteiger partial charge on any atom is -0.394 e. The third kappa shape index (κ3) is 3.06. The van der Waals surface area contributed by atoms with Crippen molar-refractivity contribution in [2.75, 3.05) is 12.4 Å². The van der Waals surface area contributed by atoms with Gasteiger partial charge in [0.2, 0.25) is 0 Å². The third-order valence-electron chi connectivity index (χ3n) is 3.02. The van der Waals surface area contributed by atoms with Crippen molar-refractivity contribution in [3.8, 4) is 0 Å². The van der Waals surface area contributed by atoms with Crippen molar-refractivity contribution < 1.29 is 13.5 Å². The number of aliphatic hydroxyl groups is 1. The molecule has 17 heavy (non-hydrogen) atoms. The van der Waals surface area contributed by atoms with Crippen LogP contribution in [0, 0.1) is 5.92 Å². The first-order chi connectivity index (χ1) is 8.03. The van der Waals surface area contributed by atoms with E-state index in [0.717, 1.165) is 18.4 Å². The highest BCUT2D eigenvalue weighted by molar-refractivity contribution is 7.91. The average molecular weight is 255 g/mol. The van der Waals surface area contributed by atoms with Crippen molar-refractivity contribution in [2.45, 2.75) is 23.8 Å². The number of benzene rings is 1. The van der Waals surface area contributed by atoms with Crippen molar-refractivity contribution in [1.29, 1.82) is 0 Å². The van der Waals surface area contributed by atoms with Crippen LogP contribution in [0.25, 0.3) is 0 Å². The molecule has 1 atom stereocenters. The molecule has 1 fully saturated rings. The summed E-state index contributed by atoms with van der Waals surface area (Å²) in [4.78, 5) is 0.346. The number of hydrogen-bond acceptors (Lipinski definition) is 4. The fraction of sp³-hybridized carbons (Fsp3) is 0.500. The predicted octanol–water partition coefficient (Wildman–Crippen LogP) is 0.862. The highest BCUT2D eigenvalue weighted by Crippen LogP contribution is 2.32. The summed E-state index contributed by atoms with van der Waals surface area (Å²) >= 11 is 0. The van der Waals surface area contributed by atoms with Crippen molar-refractivity contribution >= 4 is 9.84 Å². The highest BCUT2D eigenvalue weighted by atomic mass is 32.2. The van der Waals surface area contributed by atoms with E-state index in [0.29, 0.717) is 10.8 Å². The largest absolute Gasteiger partial charge is 0.394 e. The summed E-state index contributed by atoms with van der Waals surface area (Å²) in [5.41, 5.74) is 6.39. The molecule has 0 amide bonds. The minimum absolute atomic E-state index is 0.145. The molecular formula is C12H17NO3S. The van der Waals surface area contributed by atoms with Gasteiger partial charge >= 0.3 is 0 Å². The molecule has 2 rings (SSSR count). The van der Waals surface area contributed by atoms with E-state index in [-0.39, 0.29) is 12.4 Å². The number of rotatable bonds is 5. The lowest BCUT2D eigenvalue weighted by Crippen LogP contribution is -2.15. The van der Waals surface area contributed by atoms with Gasteiger partial charge in [0, 0.05) is 0 Å². The molecule has 1 aliphatic rings. The van der Waals surface area contributed by atoms with Gasteiger partial charge in [0.05, 0.1) is 23.3 Å². The van der Waals surface area contributed by atoms with Crippen LogP contribution in [0.3, 0.4) is 0 Å². The molecule has 94 valence electrons. The van der Waals surface area contributed by atoms with Gasteiger partial charge in [-0.2, -0.15) is 0 Å². The molecule has 1 unspecified atom stereocenters. The molecular weight excluding hydrogens is 238 g/mol. The van der Waals surface area contributed by atoms with E-state index in [9.17, 15) is 8.42 Å². The Morgan fingerprint density at radius 2 is 1.88 bits per heavy atom. The van der Waals surface area contributed by atoms with Gasteiger partial charge in [-0.05, 0) is 36.5 Å². The van der Waals surface area contributed by atoms with Gasteiger partial charge in [-0.3, -0.25) is 0 Å². The van der Waals surface area contributed by atoms with Crippen molar-refractivity contribution in [2.24, 2.45) is 11.7 Å². The molecule has 1 saturated carbocycles. The molecule has 0 saturated heterocycles. The van der Waals surface area contributed by atoms with Gasteiger partial charge in [0.25, 0.3) is 0 Å². The first-order valence-corrected chi connectivity index (χ1v) is 7.37. The Morgan fingerprint density at radius 3 is 2.35 bits per heavy atom. The first kappa shape index (κ1) is 12.5. The fourth-order valence-electron chi connectivity index (χ4n) is 1.72. The second kappa shape index (κ2) is 4.76. The number of hydrogen-bond donors (Lipinski definition) is 2. The van der Waals surface area contributed by atoms with Crippen LogP contribution in [0.2, 0.25) is 0 Å². The second-order valence-electron chi connectivity index (χ2n) is 4.58. The van der Waals surface area contributed by atoms with Crippen LogP contribution in [-0.2, 0) is 9.84 Å². The van der Waals surface area contributed by atoms with Gasteiger partial charge in [-0.25, -0.2) is 8.42 Å². The Balaban J connectivity index is 2.16. The van der Waals surface area contributed by atoms with Crippen LogP contribution < -0.4 is 5.73 Å². The minimum atomic E-state index is -3.15. The van der Waals surface area contributed by atoms with Crippen LogP contribution in [0.1, 0.15) is 24.4 Å². The molecule has 0 bridgehead atoms. The summed E-state index contributed by atoms with van der Waals surface area (Å²) in [5, 5.41) is 8.90. The van der Waals surface area contributed by atoms with Crippen molar-refractivity contribution in [3.05, 3.63) is 29.8 Å². The van der Waals surface area contributed by atoms with Crippen LogP contribution in [0.5, 0.6) is 0 Å². The summed E-state index contributed by atoms with van der Waals surface area (Å²) < 4.78 is 23.9. The predicted molar refractivity (Wildman–Crippen MR) is 65.2 cm³/mol. The molecule has 0 aliphatic heterocycles. The molecule has 4 nitrogen and oxygen atoms in total. The van der Waals surface area contributed by atoms with Gasteiger partial charge in [0.1, 0.15) is 0 Å². The number of aliphatic hydroxyl groups excluding tert-OH is 1. The lowest BCUT2D eigenvalue weighted by Gasteiger charge is -2.09. The Hall–Kier alpha value is -0.910. The van der Waals surface area contributed by atoms with Crippen LogP contribution in [-0.4, -0.2) is 25.9 Å². The first-order valence-electron chi connectivity index (χ1n) is 5.72. The summed E-state index contributed by atoms with van der Waals surface area (Å²) in [6, 6.07) is 6.03. The van der Waals surface area contributed by atoms with Crippen molar-refractivity contribution in [3.63, 3.8) is 0 Å². The summed E-state index contributed by atoms with van der Waals surface area (Å²) in [6.07, 6.45) is 2.04. The van der Waals surface area contributed by atoms with E-state index >= 15 is 0 Å². The van der Waals surface area contributed by atoms with Crippen LogP contribution >= 0.6 is 0 Å². The maximum Gasteiger partial charge on any atom is 0.178 e. The normalized spacial score (nSPS) is 18.0. The zero-order valence-corrected chi connectivity index (χ0v) is 10.4. The molecule has 5 heteroatoms. The van der Waals surface area contributed by atoms with Gasteiger partial charge in [-0.1, -0.05) is 12.1 Å². The molecule has 1 aromatic carbocycles. The third-order valence-corrected chi connectivity index (χ3v) is 4.92. The van der Waals surface area contributed by atoms with Crippen LogP contribution in [0.4, 0.5) is 0 Å². The number of sulfone groups is 1. The Kier molecular flexibility index (Phi) is 3.51. The lowest BCUT2D eigenvalue weighted by molar-refractivity contribution is 0.268. The standard InChI is InChI=1S/C12H17NO3S/c13-12(7-14)10-3-5-11(6-4-10)17(15,16)8-9-1-2-9/h3-6,9,12,14H,1-2,7-8,13H2. The van der Waals surface area contributed by atoms with Gasteiger partial charge in [-0.15, -0.1) is 0 Å². The second-order valence-corrected chi connectivity index (χ2v) is 6.62. The molecule has 0 heterocycles. The van der Waals surface area contributed by atoms with Gasteiger partial charge < -0.3 is 10.8 Å². The monoisotopic (exact) mass is 255 g/mol. The Bertz CT molecular complexity index is 477. The van der Waals surface area contributed by atoms with E-state index in [2.05, 4.69) is 0 Å². The average Bonchev–Trinajstić information content (AvgIpc) is 3.11. The van der Waals surface area contributed by atoms with E-state index in [1.54, 1.807) is 24.3 Å². The molecule has 0 spiro atoms. The van der Waals surface area contributed by atoms with E-state index in [1.165, 1.54) is 0 Å². The Labute approximate surface area is 101 Å². The zero-order valence-electron chi connectivity index (χ0n) is 9.54. The quantitative estimate of drug-likeness (QED) is 0.818. The topological polar surface area (TPSA) is 80.4 Å². The van der Waals surface area contributed by atoms with E-state index in [1.807, 2.05) is 0 Å². The maximum absolute atomic E-state index is 12.0. The smallest absolute Gasteiger partial charge is 0.178 e.